The summed E-state index contributed by atoms with van der Waals surface area (Å²) < 4.78 is 5.67. The second kappa shape index (κ2) is 2.69. The Balaban J connectivity index is 2.03. The summed E-state index contributed by atoms with van der Waals surface area (Å²) >= 11 is 0. The Hall–Kier alpha value is -0.120. The van der Waals surface area contributed by atoms with Crippen molar-refractivity contribution in [1.29, 1.82) is 0 Å². The summed E-state index contributed by atoms with van der Waals surface area (Å²) in [4.78, 5) is 2.49. The fourth-order valence-corrected chi connectivity index (χ4v) is 1.87. The van der Waals surface area contributed by atoms with Crippen LogP contribution in [0.25, 0.3) is 0 Å². The van der Waals surface area contributed by atoms with Crippen molar-refractivity contribution in [3.05, 3.63) is 0 Å². The highest BCUT2D eigenvalue weighted by Gasteiger charge is 2.37. The number of hydrogen-bond donors (Lipinski definition) is 1. The molecule has 2 aliphatic heterocycles. The van der Waals surface area contributed by atoms with Gasteiger partial charge in [0.2, 0.25) is 0 Å². The molecule has 2 saturated heterocycles. The van der Waals surface area contributed by atoms with Crippen LogP contribution in [0.3, 0.4) is 0 Å². The molecule has 0 saturated carbocycles. The first-order valence-electron chi connectivity index (χ1n) is 4.69. The summed E-state index contributed by atoms with van der Waals surface area (Å²) in [6, 6.07) is 0. The van der Waals surface area contributed by atoms with E-state index in [1.54, 1.807) is 0 Å². The van der Waals surface area contributed by atoms with Crippen LogP contribution in [-0.2, 0) is 4.74 Å². The van der Waals surface area contributed by atoms with Crippen LogP contribution >= 0.6 is 0 Å². The van der Waals surface area contributed by atoms with E-state index in [1.807, 2.05) is 0 Å². The molecule has 2 rings (SSSR count). The van der Waals surface area contributed by atoms with Crippen molar-refractivity contribution < 1.29 is 4.74 Å². The first-order chi connectivity index (χ1) is 5.55. The highest BCUT2D eigenvalue weighted by molar-refractivity contribution is 4.89. The third-order valence-electron chi connectivity index (χ3n) is 2.69. The number of ether oxygens (including phenoxy) is 1. The van der Waals surface area contributed by atoms with Crippen LogP contribution in [0.5, 0.6) is 0 Å². The number of fused-ring (bicyclic) bond motifs is 2. The molecule has 2 bridgehead atoms. The molecule has 3 nitrogen and oxygen atoms in total. The van der Waals surface area contributed by atoms with Gasteiger partial charge in [-0.3, -0.25) is 10.2 Å². The average molecular weight is 170 g/mol. The average Bonchev–Trinajstić information content (AvgIpc) is 2.28. The number of morpholine rings is 1. The van der Waals surface area contributed by atoms with Gasteiger partial charge in [-0.2, -0.15) is 0 Å². The second-order valence-corrected chi connectivity index (χ2v) is 4.73. The van der Waals surface area contributed by atoms with Crippen LogP contribution < -0.4 is 5.32 Å². The normalized spacial score (nSPS) is 37.2. The van der Waals surface area contributed by atoms with Crippen molar-refractivity contribution >= 4 is 0 Å². The van der Waals surface area contributed by atoms with Crippen LogP contribution in [0.1, 0.15) is 20.8 Å². The Kier molecular flexibility index (Phi) is 1.90. The maximum atomic E-state index is 5.67. The van der Waals surface area contributed by atoms with Crippen LogP contribution in [0.2, 0.25) is 0 Å². The zero-order valence-corrected chi connectivity index (χ0v) is 8.13. The molecule has 1 N–H and O–H groups in total. The molecule has 0 aliphatic carbocycles. The number of nitrogens with zero attached hydrogens (tertiary/aromatic N) is 1. The summed E-state index contributed by atoms with van der Waals surface area (Å²) in [6.45, 7) is 9.91. The lowest BCUT2D eigenvalue weighted by molar-refractivity contribution is -0.0689. The third-order valence-corrected chi connectivity index (χ3v) is 2.69. The SMILES string of the molecule is CC(C)(C)N1CC2CNC(C1)O2. The van der Waals surface area contributed by atoms with Gasteiger partial charge in [-0.15, -0.1) is 0 Å². The van der Waals surface area contributed by atoms with Crippen molar-refractivity contribution in [2.45, 2.75) is 38.6 Å². The van der Waals surface area contributed by atoms with Crippen LogP contribution in [0.15, 0.2) is 0 Å². The minimum absolute atomic E-state index is 0.281. The van der Waals surface area contributed by atoms with Crippen molar-refractivity contribution in [2.75, 3.05) is 19.6 Å². The molecule has 2 atom stereocenters. The van der Waals surface area contributed by atoms with E-state index in [1.165, 1.54) is 0 Å². The van der Waals surface area contributed by atoms with Gasteiger partial charge in [-0.05, 0) is 20.8 Å². The first-order valence-corrected chi connectivity index (χ1v) is 4.69. The molecule has 2 fully saturated rings. The Labute approximate surface area is 74.1 Å². The topological polar surface area (TPSA) is 24.5 Å². The largest absolute Gasteiger partial charge is 0.356 e. The fraction of sp³-hybridized carbons (Fsp3) is 1.00. The van der Waals surface area contributed by atoms with Gasteiger partial charge in [0.15, 0.2) is 0 Å². The molecule has 0 amide bonds. The molecule has 0 aromatic carbocycles. The molecular formula is C9H18N2O. The van der Waals surface area contributed by atoms with Crippen molar-refractivity contribution in [3.63, 3.8) is 0 Å². The van der Waals surface area contributed by atoms with E-state index in [-0.39, 0.29) is 11.8 Å². The van der Waals surface area contributed by atoms with Gasteiger partial charge in [-0.25, -0.2) is 0 Å². The molecule has 3 heteroatoms. The zero-order valence-electron chi connectivity index (χ0n) is 8.13. The summed E-state index contributed by atoms with van der Waals surface area (Å²) in [7, 11) is 0. The molecule has 2 heterocycles. The summed E-state index contributed by atoms with van der Waals surface area (Å²) in [5.74, 6) is 0. The van der Waals surface area contributed by atoms with Gasteiger partial charge in [0.1, 0.15) is 6.23 Å². The summed E-state index contributed by atoms with van der Waals surface area (Å²) in [6.07, 6.45) is 0.700. The standard InChI is InChI=1S/C9H18N2O/c1-9(2,3)11-5-7-4-10-8(6-11)12-7/h7-8,10H,4-6H2,1-3H3. The van der Waals surface area contributed by atoms with E-state index < -0.39 is 0 Å². The van der Waals surface area contributed by atoms with Crippen molar-refractivity contribution in [3.8, 4) is 0 Å². The molecule has 2 unspecified atom stereocenters. The monoisotopic (exact) mass is 170 g/mol. The predicted octanol–water partition coefficient (Wildman–Crippen LogP) is 0.415. The van der Waals surface area contributed by atoms with Gasteiger partial charge in [0.05, 0.1) is 6.10 Å². The van der Waals surface area contributed by atoms with Crippen molar-refractivity contribution in [2.24, 2.45) is 0 Å². The third kappa shape index (κ3) is 1.49. The summed E-state index contributed by atoms with van der Waals surface area (Å²) in [5, 5.41) is 3.36. The molecule has 12 heavy (non-hydrogen) atoms. The molecule has 0 radical (unpaired) electrons. The predicted molar refractivity (Wildman–Crippen MR) is 48.0 cm³/mol. The Bertz CT molecular complexity index is 164. The van der Waals surface area contributed by atoms with Gasteiger partial charge >= 0.3 is 0 Å². The van der Waals surface area contributed by atoms with Gasteiger partial charge in [0, 0.05) is 25.2 Å². The summed E-state index contributed by atoms with van der Waals surface area (Å²) in [5.41, 5.74) is 0.284. The second-order valence-electron chi connectivity index (χ2n) is 4.73. The van der Waals surface area contributed by atoms with E-state index in [2.05, 4.69) is 31.0 Å². The molecule has 70 valence electrons. The smallest absolute Gasteiger partial charge is 0.121 e. The van der Waals surface area contributed by atoms with Gasteiger partial charge in [0.25, 0.3) is 0 Å². The molecule has 0 aromatic heterocycles. The lowest BCUT2D eigenvalue weighted by Gasteiger charge is -2.40. The van der Waals surface area contributed by atoms with E-state index in [9.17, 15) is 0 Å². The molecule has 0 spiro atoms. The maximum Gasteiger partial charge on any atom is 0.121 e. The van der Waals surface area contributed by atoms with Gasteiger partial charge in [-0.1, -0.05) is 0 Å². The van der Waals surface area contributed by atoms with E-state index >= 15 is 0 Å². The van der Waals surface area contributed by atoms with Gasteiger partial charge < -0.3 is 4.74 Å². The zero-order chi connectivity index (χ0) is 8.77. The Morgan fingerprint density at radius 2 is 2.08 bits per heavy atom. The molecule has 2 aliphatic rings. The number of rotatable bonds is 0. The molecule has 0 aromatic rings. The Morgan fingerprint density at radius 3 is 2.67 bits per heavy atom. The number of hydrogen-bond acceptors (Lipinski definition) is 3. The van der Waals surface area contributed by atoms with Crippen LogP contribution in [0.4, 0.5) is 0 Å². The minimum Gasteiger partial charge on any atom is -0.356 e. The maximum absolute atomic E-state index is 5.67. The lowest BCUT2D eigenvalue weighted by Crippen LogP contribution is -2.52. The van der Waals surface area contributed by atoms with Crippen LogP contribution in [-0.4, -0.2) is 42.4 Å². The van der Waals surface area contributed by atoms with Crippen molar-refractivity contribution in [1.82, 2.24) is 10.2 Å². The fourth-order valence-electron chi connectivity index (χ4n) is 1.87. The highest BCUT2D eigenvalue weighted by Crippen LogP contribution is 2.22. The van der Waals surface area contributed by atoms with E-state index in [4.69, 9.17) is 4.74 Å². The van der Waals surface area contributed by atoms with E-state index in [0.29, 0.717) is 6.10 Å². The lowest BCUT2D eigenvalue weighted by atomic mass is 10.0. The highest BCUT2D eigenvalue weighted by atomic mass is 16.5. The van der Waals surface area contributed by atoms with Crippen LogP contribution in [0, 0.1) is 0 Å². The minimum atomic E-state index is 0.281. The number of nitrogens with one attached hydrogen (secondary N) is 1. The molecular weight excluding hydrogens is 152 g/mol. The quantitative estimate of drug-likeness (QED) is 0.570. The first kappa shape index (κ1) is 8.48. The van der Waals surface area contributed by atoms with E-state index in [0.717, 1.165) is 19.6 Å². The Morgan fingerprint density at radius 1 is 1.33 bits per heavy atom.